The predicted molar refractivity (Wildman–Crippen MR) is 130 cm³/mol. The average Bonchev–Trinajstić information content (AvgIpc) is 2.72. The second-order valence-corrected chi connectivity index (χ2v) is 8.46. The Hall–Kier alpha value is -3.42. The maximum Gasteiger partial charge on any atom is 0.293 e. The topological polar surface area (TPSA) is 92.0 Å². The van der Waals surface area contributed by atoms with Gasteiger partial charge in [0, 0.05) is 16.9 Å². The summed E-state index contributed by atoms with van der Waals surface area (Å²) in [6.45, 7) is 12.0. The second kappa shape index (κ2) is 8.26. The molecule has 4 rings (SSSR count). The third kappa shape index (κ3) is 4.04. The SMILES string of the molecule is C=C1C=C(C(C)C)c2cc(Oc3c(Cl)cc(N4N=C(N)C(=O)NC4=C)cc3Cl)ccc2N1. The molecule has 2 heterocycles. The van der Waals surface area contributed by atoms with E-state index in [4.69, 9.17) is 33.7 Å². The summed E-state index contributed by atoms with van der Waals surface area (Å²) in [5.74, 6) is 0.678. The van der Waals surface area contributed by atoms with Gasteiger partial charge < -0.3 is 21.1 Å². The van der Waals surface area contributed by atoms with Gasteiger partial charge in [-0.15, -0.1) is 5.10 Å². The van der Waals surface area contributed by atoms with Gasteiger partial charge in [-0.1, -0.05) is 50.2 Å². The molecule has 0 atom stereocenters. The fraction of sp³-hybridized carbons (Fsp3) is 0.130. The number of amidine groups is 1. The maximum absolute atomic E-state index is 11.6. The Labute approximate surface area is 195 Å². The lowest BCUT2D eigenvalue weighted by Crippen LogP contribution is -2.46. The number of benzene rings is 2. The Morgan fingerprint density at radius 3 is 2.47 bits per heavy atom. The van der Waals surface area contributed by atoms with E-state index >= 15 is 0 Å². The number of nitrogens with two attached hydrogens (primary N) is 1. The molecule has 0 bridgehead atoms. The average molecular weight is 470 g/mol. The molecular weight excluding hydrogens is 449 g/mol. The fourth-order valence-corrected chi connectivity index (χ4v) is 4.00. The Kier molecular flexibility index (Phi) is 5.62. The number of anilines is 2. The van der Waals surface area contributed by atoms with Crippen LogP contribution in [0.3, 0.4) is 0 Å². The number of amides is 1. The van der Waals surface area contributed by atoms with E-state index in [-0.39, 0.29) is 21.7 Å². The van der Waals surface area contributed by atoms with Crippen molar-refractivity contribution in [3.63, 3.8) is 0 Å². The minimum atomic E-state index is -0.524. The first-order valence-corrected chi connectivity index (χ1v) is 10.5. The van der Waals surface area contributed by atoms with Crippen molar-refractivity contribution in [2.24, 2.45) is 16.8 Å². The van der Waals surface area contributed by atoms with Crippen molar-refractivity contribution in [3.05, 3.63) is 76.7 Å². The first-order chi connectivity index (χ1) is 15.1. The van der Waals surface area contributed by atoms with E-state index in [1.807, 2.05) is 24.3 Å². The first kappa shape index (κ1) is 21.8. The first-order valence-electron chi connectivity index (χ1n) is 9.77. The molecule has 0 aliphatic carbocycles. The lowest BCUT2D eigenvalue weighted by Gasteiger charge is -2.26. The molecule has 1 amide bonds. The number of nitrogens with zero attached hydrogens (tertiary/aromatic N) is 2. The van der Waals surface area contributed by atoms with Gasteiger partial charge in [-0.3, -0.25) is 4.79 Å². The number of carbonyl (C=O) groups excluding carboxylic acids is 1. The van der Waals surface area contributed by atoms with Crippen molar-refractivity contribution in [2.75, 3.05) is 10.3 Å². The zero-order valence-corrected chi connectivity index (χ0v) is 19.0. The van der Waals surface area contributed by atoms with Gasteiger partial charge in [0.25, 0.3) is 5.91 Å². The molecule has 0 fully saturated rings. The summed E-state index contributed by atoms with van der Waals surface area (Å²) < 4.78 is 6.06. The molecule has 0 aromatic heterocycles. The van der Waals surface area contributed by atoms with Crippen LogP contribution in [0.15, 0.2) is 66.2 Å². The minimum Gasteiger partial charge on any atom is -0.454 e. The van der Waals surface area contributed by atoms with Crippen molar-refractivity contribution in [1.29, 1.82) is 0 Å². The molecule has 2 aliphatic rings. The van der Waals surface area contributed by atoms with Crippen LogP contribution >= 0.6 is 23.2 Å². The lowest BCUT2D eigenvalue weighted by molar-refractivity contribution is -0.114. The molecule has 2 aromatic rings. The number of nitrogens with one attached hydrogen (secondary N) is 2. The van der Waals surface area contributed by atoms with Gasteiger partial charge in [-0.05, 0) is 47.9 Å². The number of hydrogen-bond donors (Lipinski definition) is 3. The summed E-state index contributed by atoms with van der Waals surface area (Å²) in [4.78, 5) is 11.6. The van der Waals surface area contributed by atoms with Gasteiger partial charge in [0.2, 0.25) is 5.84 Å². The highest BCUT2D eigenvalue weighted by molar-refractivity contribution is 6.39. The zero-order chi connectivity index (χ0) is 23.2. The molecule has 2 aliphatic heterocycles. The van der Waals surface area contributed by atoms with Gasteiger partial charge >= 0.3 is 0 Å². The van der Waals surface area contributed by atoms with Crippen molar-refractivity contribution in [3.8, 4) is 11.5 Å². The number of hydrazone groups is 1. The van der Waals surface area contributed by atoms with E-state index < -0.39 is 5.91 Å². The number of fused-ring (bicyclic) bond motifs is 1. The Balaban J connectivity index is 1.66. The largest absolute Gasteiger partial charge is 0.454 e. The molecule has 0 radical (unpaired) electrons. The van der Waals surface area contributed by atoms with Crippen molar-refractivity contribution in [2.45, 2.75) is 13.8 Å². The van der Waals surface area contributed by atoms with Gasteiger partial charge in [-0.2, -0.15) is 0 Å². The third-order valence-corrected chi connectivity index (χ3v) is 5.51. The van der Waals surface area contributed by atoms with Gasteiger partial charge in [0.15, 0.2) is 5.75 Å². The highest BCUT2D eigenvalue weighted by atomic mass is 35.5. The summed E-state index contributed by atoms with van der Waals surface area (Å²) in [6, 6.07) is 8.90. The minimum absolute atomic E-state index is 0.204. The number of hydrogen-bond acceptors (Lipinski definition) is 6. The molecule has 0 saturated heterocycles. The number of rotatable bonds is 4. The van der Waals surface area contributed by atoms with E-state index in [1.165, 1.54) is 5.01 Å². The van der Waals surface area contributed by atoms with Crippen molar-refractivity contribution < 1.29 is 9.53 Å². The van der Waals surface area contributed by atoms with Crippen LogP contribution in [0.2, 0.25) is 10.0 Å². The molecule has 2 aromatic carbocycles. The molecule has 0 spiro atoms. The second-order valence-electron chi connectivity index (χ2n) is 7.65. The third-order valence-electron chi connectivity index (χ3n) is 4.95. The maximum atomic E-state index is 11.6. The lowest BCUT2D eigenvalue weighted by atomic mass is 9.90. The van der Waals surface area contributed by atoms with Crippen molar-refractivity contribution in [1.82, 2.24) is 5.32 Å². The Morgan fingerprint density at radius 2 is 1.81 bits per heavy atom. The molecule has 164 valence electrons. The van der Waals surface area contributed by atoms with Crippen LogP contribution in [0, 0.1) is 5.92 Å². The molecule has 4 N–H and O–H groups in total. The van der Waals surface area contributed by atoms with Crippen LogP contribution in [0.4, 0.5) is 11.4 Å². The number of ether oxygens (including phenoxy) is 1. The summed E-state index contributed by atoms with van der Waals surface area (Å²) in [6.07, 6.45) is 2.03. The highest BCUT2D eigenvalue weighted by Crippen LogP contribution is 2.43. The predicted octanol–water partition coefficient (Wildman–Crippen LogP) is 5.44. The van der Waals surface area contributed by atoms with Crippen LogP contribution in [0.1, 0.15) is 19.4 Å². The summed E-state index contributed by atoms with van der Waals surface area (Å²) in [7, 11) is 0. The van der Waals surface area contributed by atoms with Crippen LogP contribution in [0.5, 0.6) is 11.5 Å². The number of halogens is 2. The fourth-order valence-electron chi connectivity index (χ4n) is 3.45. The zero-order valence-electron chi connectivity index (χ0n) is 17.5. The number of allylic oxidation sites excluding steroid dienone is 2. The summed E-state index contributed by atoms with van der Waals surface area (Å²) in [5, 5.41) is 11.7. The van der Waals surface area contributed by atoms with Crippen LogP contribution in [-0.2, 0) is 4.79 Å². The standard InChI is InChI=1S/C23H21Cl2N5O2/c1-11(2)16-7-12(3)27-20-6-5-15(10-17(16)20)32-21-18(24)8-14(9-19(21)25)30-13(4)28-23(31)22(26)29-30/h5-11,27H,3-4H2,1-2H3,(H2,26,29)(H,28,31). The molecule has 9 heteroatoms. The molecule has 0 saturated carbocycles. The summed E-state index contributed by atoms with van der Waals surface area (Å²) in [5.41, 5.74) is 10.1. The van der Waals surface area contributed by atoms with Gasteiger partial charge in [0.1, 0.15) is 11.6 Å². The smallest absolute Gasteiger partial charge is 0.293 e. The molecule has 7 nitrogen and oxygen atoms in total. The number of carbonyl (C=O) groups is 1. The highest BCUT2D eigenvalue weighted by Gasteiger charge is 2.24. The van der Waals surface area contributed by atoms with Crippen LogP contribution < -0.4 is 26.1 Å². The van der Waals surface area contributed by atoms with Crippen LogP contribution in [0.25, 0.3) is 5.57 Å². The Bertz CT molecular complexity index is 1210. The monoisotopic (exact) mass is 469 g/mol. The van der Waals surface area contributed by atoms with E-state index in [9.17, 15) is 4.79 Å². The van der Waals surface area contributed by atoms with E-state index in [0.717, 1.165) is 22.5 Å². The van der Waals surface area contributed by atoms with E-state index in [0.29, 0.717) is 23.1 Å². The van der Waals surface area contributed by atoms with Crippen LogP contribution in [-0.4, -0.2) is 11.7 Å². The van der Waals surface area contributed by atoms with Crippen molar-refractivity contribution >= 4 is 51.9 Å². The van der Waals surface area contributed by atoms with E-state index in [1.54, 1.807) is 12.1 Å². The molecule has 32 heavy (non-hydrogen) atoms. The normalized spacial score (nSPS) is 15.7. The van der Waals surface area contributed by atoms with Gasteiger partial charge in [0.05, 0.1) is 15.7 Å². The molecule has 0 unspecified atom stereocenters. The van der Waals surface area contributed by atoms with Gasteiger partial charge in [-0.25, -0.2) is 5.01 Å². The van der Waals surface area contributed by atoms with E-state index in [2.05, 4.69) is 42.7 Å². The Morgan fingerprint density at radius 1 is 1.12 bits per heavy atom. The quantitative estimate of drug-likeness (QED) is 0.553. The summed E-state index contributed by atoms with van der Waals surface area (Å²) >= 11 is 13.0. The molecular formula is C23H21Cl2N5O2.